The topological polar surface area (TPSA) is 0 Å². The van der Waals surface area contributed by atoms with Crippen LogP contribution in [0.15, 0.2) is 0 Å². The summed E-state index contributed by atoms with van der Waals surface area (Å²) in [6.07, 6.45) is -10.3. The lowest BCUT2D eigenvalue weighted by Crippen LogP contribution is -2.31. The molecule has 0 aromatic heterocycles. The lowest BCUT2D eigenvalue weighted by molar-refractivity contribution is -0.210. The van der Waals surface area contributed by atoms with Gasteiger partial charge in [-0.3, -0.25) is 0 Å². The van der Waals surface area contributed by atoms with E-state index >= 15 is 0 Å². The highest BCUT2D eigenvalue weighted by Crippen LogP contribution is 2.39. The van der Waals surface area contributed by atoms with Crippen LogP contribution in [0.4, 0.5) is 26.3 Å². The van der Waals surface area contributed by atoms with Crippen molar-refractivity contribution in [1.82, 2.24) is 0 Å². The second kappa shape index (κ2) is 5.27. The zero-order valence-electron chi connectivity index (χ0n) is 9.41. The summed E-state index contributed by atoms with van der Waals surface area (Å²) in [5, 5.41) is 0. The smallest absolute Gasteiger partial charge is 0.171 e. The van der Waals surface area contributed by atoms with Gasteiger partial charge in [0.25, 0.3) is 0 Å². The minimum Gasteiger partial charge on any atom is -0.171 e. The zero-order chi connectivity index (χ0) is 13.1. The van der Waals surface area contributed by atoms with Gasteiger partial charge < -0.3 is 0 Å². The van der Waals surface area contributed by atoms with Gasteiger partial charge in [-0.05, 0) is 18.8 Å². The molecular weight excluding hydrogens is 234 g/mol. The third kappa shape index (κ3) is 5.61. The van der Waals surface area contributed by atoms with E-state index in [1.54, 1.807) is 13.8 Å². The largest absolute Gasteiger partial charge is 0.391 e. The molecule has 0 radical (unpaired) electrons. The summed E-state index contributed by atoms with van der Waals surface area (Å²) in [6.45, 7) is 3.92. The Morgan fingerprint density at radius 2 is 1.19 bits per heavy atom. The van der Waals surface area contributed by atoms with E-state index in [1.807, 2.05) is 0 Å². The highest BCUT2D eigenvalue weighted by Gasteiger charge is 2.45. The molecule has 0 aromatic carbocycles. The summed E-state index contributed by atoms with van der Waals surface area (Å²) < 4.78 is 73.9. The Labute approximate surface area is 91.0 Å². The number of rotatable bonds is 4. The Hall–Kier alpha value is -0.420. The van der Waals surface area contributed by atoms with Crippen molar-refractivity contribution in [3.63, 3.8) is 0 Å². The lowest BCUT2D eigenvalue weighted by Gasteiger charge is -2.26. The fourth-order valence-electron chi connectivity index (χ4n) is 1.49. The van der Waals surface area contributed by atoms with E-state index < -0.39 is 30.6 Å². The van der Waals surface area contributed by atoms with Crippen molar-refractivity contribution in [2.24, 2.45) is 17.8 Å². The summed E-state index contributed by atoms with van der Waals surface area (Å²) >= 11 is 0. The van der Waals surface area contributed by atoms with E-state index in [1.165, 1.54) is 0 Å². The van der Waals surface area contributed by atoms with Crippen molar-refractivity contribution in [3.05, 3.63) is 0 Å². The molecule has 0 saturated carbocycles. The SMILES string of the molecule is CC(C)CC(CC(C)C(F)(F)F)C(F)(F)F. The molecule has 0 aliphatic rings. The van der Waals surface area contributed by atoms with Crippen LogP contribution in [-0.2, 0) is 0 Å². The maximum Gasteiger partial charge on any atom is 0.391 e. The van der Waals surface area contributed by atoms with Crippen molar-refractivity contribution < 1.29 is 26.3 Å². The molecule has 0 amide bonds. The highest BCUT2D eigenvalue weighted by atomic mass is 19.4. The fourth-order valence-corrected chi connectivity index (χ4v) is 1.49. The van der Waals surface area contributed by atoms with E-state index in [0.29, 0.717) is 0 Å². The van der Waals surface area contributed by atoms with E-state index in [2.05, 4.69) is 0 Å². The molecular formula is C10H16F6. The van der Waals surface area contributed by atoms with Gasteiger partial charge in [-0.15, -0.1) is 0 Å². The molecule has 6 heteroatoms. The first-order valence-corrected chi connectivity index (χ1v) is 5.08. The second-order valence-electron chi connectivity index (χ2n) is 4.55. The number of alkyl halides is 6. The van der Waals surface area contributed by atoms with Crippen molar-refractivity contribution in [2.75, 3.05) is 0 Å². The van der Waals surface area contributed by atoms with Crippen LogP contribution in [-0.4, -0.2) is 12.4 Å². The first kappa shape index (κ1) is 15.6. The maximum atomic E-state index is 12.5. The van der Waals surface area contributed by atoms with Crippen molar-refractivity contribution in [1.29, 1.82) is 0 Å². The average molecular weight is 250 g/mol. The Morgan fingerprint density at radius 3 is 1.44 bits per heavy atom. The van der Waals surface area contributed by atoms with Crippen LogP contribution in [0.3, 0.4) is 0 Å². The van der Waals surface area contributed by atoms with E-state index in [0.717, 1.165) is 6.92 Å². The quantitative estimate of drug-likeness (QED) is 0.629. The zero-order valence-corrected chi connectivity index (χ0v) is 9.41. The molecule has 0 aliphatic carbocycles. The van der Waals surface area contributed by atoms with Crippen LogP contribution in [0.5, 0.6) is 0 Å². The molecule has 0 saturated heterocycles. The third-order valence-corrected chi connectivity index (χ3v) is 2.42. The van der Waals surface area contributed by atoms with Gasteiger partial charge in [0, 0.05) is 0 Å². The molecule has 98 valence electrons. The molecule has 16 heavy (non-hydrogen) atoms. The first-order chi connectivity index (χ1) is 6.94. The molecule has 0 N–H and O–H groups in total. The van der Waals surface area contributed by atoms with Crippen LogP contribution < -0.4 is 0 Å². The van der Waals surface area contributed by atoms with Crippen LogP contribution in [0, 0.1) is 17.8 Å². The Morgan fingerprint density at radius 1 is 0.750 bits per heavy atom. The van der Waals surface area contributed by atoms with Gasteiger partial charge in [-0.2, -0.15) is 26.3 Å². The lowest BCUT2D eigenvalue weighted by atomic mass is 9.88. The van der Waals surface area contributed by atoms with Gasteiger partial charge in [0.15, 0.2) is 0 Å². The van der Waals surface area contributed by atoms with Crippen molar-refractivity contribution in [3.8, 4) is 0 Å². The summed E-state index contributed by atoms with van der Waals surface area (Å²) in [4.78, 5) is 0. The predicted octanol–water partition coefficient (Wildman–Crippen LogP) is 4.80. The number of hydrogen-bond acceptors (Lipinski definition) is 0. The minimum atomic E-state index is -4.56. The number of halogens is 6. The molecule has 0 spiro atoms. The van der Waals surface area contributed by atoms with Gasteiger partial charge in [0.05, 0.1) is 11.8 Å². The Balaban J connectivity index is 4.56. The summed E-state index contributed by atoms with van der Waals surface area (Å²) in [7, 11) is 0. The van der Waals surface area contributed by atoms with Crippen LogP contribution in [0.1, 0.15) is 33.6 Å². The Bertz CT molecular complexity index is 202. The molecule has 0 heterocycles. The highest BCUT2D eigenvalue weighted by molar-refractivity contribution is 4.75. The van der Waals surface area contributed by atoms with Gasteiger partial charge in [0.1, 0.15) is 0 Å². The Kier molecular flexibility index (Phi) is 5.14. The molecule has 2 unspecified atom stereocenters. The van der Waals surface area contributed by atoms with Crippen LogP contribution in [0.25, 0.3) is 0 Å². The van der Waals surface area contributed by atoms with Crippen molar-refractivity contribution in [2.45, 2.75) is 46.0 Å². The maximum absolute atomic E-state index is 12.5. The third-order valence-electron chi connectivity index (χ3n) is 2.42. The molecule has 0 rings (SSSR count). The fraction of sp³-hybridized carbons (Fsp3) is 1.00. The second-order valence-corrected chi connectivity index (χ2v) is 4.55. The molecule has 0 fully saturated rings. The normalized spacial score (nSPS) is 17.6. The summed E-state index contributed by atoms with van der Waals surface area (Å²) in [5.41, 5.74) is 0. The van der Waals surface area contributed by atoms with E-state index in [9.17, 15) is 26.3 Å². The summed E-state index contributed by atoms with van der Waals surface area (Å²) in [5.74, 6) is -4.06. The number of hydrogen-bond donors (Lipinski definition) is 0. The summed E-state index contributed by atoms with van der Waals surface area (Å²) in [6, 6.07) is 0. The van der Waals surface area contributed by atoms with Gasteiger partial charge in [0.2, 0.25) is 0 Å². The van der Waals surface area contributed by atoms with Gasteiger partial charge in [-0.25, -0.2) is 0 Å². The predicted molar refractivity (Wildman–Crippen MR) is 48.8 cm³/mol. The van der Waals surface area contributed by atoms with E-state index in [4.69, 9.17) is 0 Å². The molecule has 2 atom stereocenters. The molecule has 0 aromatic rings. The van der Waals surface area contributed by atoms with Crippen LogP contribution >= 0.6 is 0 Å². The molecule has 0 nitrogen and oxygen atoms in total. The van der Waals surface area contributed by atoms with Gasteiger partial charge in [-0.1, -0.05) is 20.8 Å². The average Bonchev–Trinajstić information content (AvgIpc) is 1.98. The standard InChI is InChI=1S/C10H16F6/c1-6(2)4-8(10(14,15)16)5-7(3)9(11,12)13/h6-8H,4-5H2,1-3H3. The monoisotopic (exact) mass is 250 g/mol. The first-order valence-electron chi connectivity index (χ1n) is 5.08. The molecule has 0 aliphatic heterocycles. The van der Waals surface area contributed by atoms with Crippen LogP contribution in [0.2, 0.25) is 0 Å². The van der Waals surface area contributed by atoms with E-state index in [-0.39, 0.29) is 12.3 Å². The molecule has 0 bridgehead atoms. The minimum absolute atomic E-state index is 0.260. The van der Waals surface area contributed by atoms with Gasteiger partial charge >= 0.3 is 12.4 Å². The van der Waals surface area contributed by atoms with Crippen molar-refractivity contribution >= 4 is 0 Å².